The minimum Gasteiger partial charge on any atom is -0.395 e. The maximum atomic E-state index is 9.40. The van der Waals surface area contributed by atoms with E-state index in [4.69, 9.17) is 4.74 Å². The largest absolute Gasteiger partial charge is 0.395 e. The van der Waals surface area contributed by atoms with Crippen LogP contribution < -0.4 is 5.32 Å². The molecule has 0 radical (unpaired) electrons. The third-order valence-corrected chi connectivity index (χ3v) is 3.71. The molecule has 3 nitrogen and oxygen atoms in total. The van der Waals surface area contributed by atoms with Gasteiger partial charge in [0.15, 0.2) is 0 Å². The van der Waals surface area contributed by atoms with E-state index in [0.29, 0.717) is 12.6 Å². The van der Waals surface area contributed by atoms with Crippen molar-refractivity contribution in [2.45, 2.75) is 38.3 Å². The highest BCUT2D eigenvalue weighted by Crippen LogP contribution is 2.32. The Hall–Kier alpha value is -0.900. The molecule has 0 aromatic heterocycles. The molecule has 1 aliphatic carbocycles. The first-order valence-electron chi connectivity index (χ1n) is 6.70. The monoisotopic (exact) mass is 249 g/mol. The molecule has 100 valence electrons. The van der Waals surface area contributed by atoms with Crippen LogP contribution in [0, 0.1) is 6.92 Å². The SMILES string of the molecule is COCCC(CO)NC1CCc2ccc(C)cc21. The fraction of sp³-hybridized carbons (Fsp3) is 0.600. The fourth-order valence-electron chi connectivity index (χ4n) is 2.67. The van der Waals surface area contributed by atoms with Crippen LogP contribution in [0.15, 0.2) is 18.2 Å². The summed E-state index contributed by atoms with van der Waals surface area (Å²) >= 11 is 0. The topological polar surface area (TPSA) is 41.5 Å². The highest BCUT2D eigenvalue weighted by atomic mass is 16.5. The average Bonchev–Trinajstić information content (AvgIpc) is 2.77. The Kier molecular flexibility index (Phi) is 4.75. The minimum atomic E-state index is 0.126. The third kappa shape index (κ3) is 3.10. The molecule has 0 fully saturated rings. The molecule has 2 rings (SSSR count). The number of hydrogen-bond donors (Lipinski definition) is 2. The van der Waals surface area contributed by atoms with E-state index >= 15 is 0 Å². The van der Waals surface area contributed by atoms with Crippen molar-refractivity contribution in [3.63, 3.8) is 0 Å². The normalized spacial score (nSPS) is 19.8. The number of methoxy groups -OCH3 is 1. The summed E-state index contributed by atoms with van der Waals surface area (Å²) < 4.78 is 5.08. The average molecular weight is 249 g/mol. The van der Waals surface area contributed by atoms with Gasteiger partial charge in [0.25, 0.3) is 0 Å². The van der Waals surface area contributed by atoms with Crippen molar-refractivity contribution in [2.24, 2.45) is 0 Å². The number of nitrogens with one attached hydrogen (secondary N) is 1. The van der Waals surface area contributed by atoms with Crippen LogP contribution in [0.1, 0.15) is 35.6 Å². The Labute approximate surface area is 109 Å². The lowest BCUT2D eigenvalue weighted by Gasteiger charge is -2.22. The molecule has 0 saturated carbocycles. The van der Waals surface area contributed by atoms with Crippen LogP contribution in [0.5, 0.6) is 0 Å². The van der Waals surface area contributed by atoms with Gasteiger partial charge in [-0.25, -0.2) is 0 Å². The Morgan fingerprint density at radius 3 is 3.06 bits per heavy atom. The number of ether oxygens (including phenoxy) is 1. The summed E-state index contributed by atoms with van der Waals surface area (Å²) in [6.45, 7) is 2.98. The molecule has 0 heterocycles. The molecule has 0 bridgehead atoms. The molecule has 1 aliphatic rings. The zero-order valence-corrected chi connectivity index (χ0v) is 11.3. The van der Waals surface area contributed by atoms with Crippen molar-refractivity contribution >= 4 is 0 Å². The van der Waals surface area contributed by atoms with Gasteiger partial charge in [0.2, 0.25) is 0 Å². The first kappa shape index (κ1) is 13.5. The molecule has 0 amide bonds. The molecule has 0 saturated heterocycles. The lowest BCUT2D eigenvalue weighted by atomic mass is 10.0. The van der Waals surface area contributed by atoms with Crippen LogP contribution in [0.3, 0.4) is 0 Å². The van der Waals surface area contributed by atoms with E-state index in [1.807, 2.05) is 0 Å². The van der Waals surface area contributed by atoms with E-state index in [0.717, 1.165) is 19.3 Å². The van der Waals surface area contributed by atoms with Crippen molar-refractivity contribution in [1.29, 1.82) is 0 Å². The quantitative estimate of drug-likeness (QED) is 0.810. The van der Waals surface area contributed by atoms with Gasteiger partial charge in [-0.3, -0.25) is 0 Å². The van der Waals surface area contributed by atoms with Gasteiger partial charge in [-0.2, -0.15) is 0 Å². The standard InChI is InChI=1S/C15H23NO2/c1-11-3-4-12-5-6-15(14(12)9-11)16-13(10-17)7-8-18-2/h3-4,9,13,15-17H,5-8,10H2,1-2H3. The number of aliphatic hydroxyl groups is 1. The summed E-state index contributed by atoms with van der Waals surface area (Å²) in [4.78, 5) is 0. The molecule has 18 heavy (non-hydrogen) atoms. The van der Waals surface area contributed by atoms with Crippen molar-refractivity contribution in [1.82, 2.24) is 5.32 Å². The van der Waals surface area contributed by atoms with Gasteiger partial charge in [-0.1, -0.05) is 23.8 Å². The summed E-state index contributed by atoms with van der Waals surface area (Å²) in [6, 6.07) is 7.19. The summed E-state index contributed by atoms with van der Waals surface area (Å²) in [5.41, 5.74) is 4.16. The molecule has 1 aromatic carbocycles. The molecular weight excluding hydrogens is 226 g/mol. The Morgan fingerprint density at radius 1 is 1.50 bits per heavy atom. The number of hydrogen-bond acceptors (Lipinski definition) is 3. The second-order valence-corrected chi connectivity index (χ2v) is 5.12. The van der Waals surface area contributed by atoms with Gasteiger partial charge < -0.3 is 15.2 Å². The number of fused-ring (bicyclic) bond motifs is 1. The molecule has 3 heteroatoms. The van der Waals surface area contributed by atoms with Crippen molar-refractivity contribution in [3.05, 3.63) is 34.9 Å². The fourth-order valence-corrected chi connectivity index (χ4v) is 2.67. The van der Waals surface area contributed by atoms with E-state index in [-0.39, 0.29) is 12.6 Å². The van der Waals surface area contributed by atoms with Gasteiger partial charge in [-0.15, -0.1) is 0 Å². The second-order valence-electron chi connectivity index (χ2n) is 5.12. The minimum absolute atomic E-state index is 0.126. The van der Waals surface area contributed by atoms with Gasteiger partial charge in [0.05, 0.1) is 6.61 Å². The van der Waals surface area contributed by atoms with E-state index in [1.165, 1.54) is 16.7 Å². The van der Waals surface area contributed by atoms with Crippen LogP contribution in [-0.2, 0) is 11.2 Å². The van der Waals surface area contributed by atoms with Crippen LogP contribution in [0.4, 0.5) is 0 Å². The van der Waals surface area contributed by atoms with E-state index in [9.17, 15) is 5.11 Å². The van der Waals surface area contributed by atoms with Gasteiger partial charge in [0.1, 0.15) is 0 Å². The highest BCUT2D eigenvalue weighted by Gasteiger charge is 2.24. The van der Waals surface area contributed by atoms with Crippen molar-refractivity contribution < 1.29 is 9.84 Å². The number of rotatable bonds is 6. The third-order valence-electron chi connectivity index (χ3n) is 3.71. The van der Waals surface area contributed by atoms with E-state index in [1.54, 1.807) is 7.11 Å². The van der Waals surface area contributed by atoms with Crippen LogP contribution >= 0.6 is 0 Å². The Morgan fingerprint density at radius 2 is 2.33 bits per heavy atom. The first-order chi connectivity index (χ1) is 8.74. The second kappa shape index (κ2) is 6.32. The summed E-state index contributed by atoms with van der Waals surface area (Å²) in [7, 11) is 1.70. The van der Waals surface area contributed by atoms with Crippen molar-refractivity contribution in [3.8, 4) is 0 Å². The molecule has 0 aliphatic heterocycles. The smallest absolute Gasteiger partial charge is 0.0585 e. The number of benzene rings is 1. The predicted molar refractivity (Wildman–Crippen MR) is 72.7 cm³/mol. The van der Waals surface area contributed by atoms with Gasteiger partial charge in [-0.05, 0) is 37.3 Å². The van der Waals surface area contributed by atoms with Crippen LogP contribution in [0.25, 0.3) is 0 Å². The number of aryl methyl sites for hydroxylation is 2. The van der Waals surface area contributed by atoms with E-state index in [2.05, 4.69) is 30.4 Å². The molecule has 2 N–H and O–H groups in total. The first-order valence-corrected chi connectivity index (χ1v) is 6.70. The predicted octanol–water partition coefficient (Wildman–Crippen LogP) is 1.97. The Bertz CT molecular complexity index is 392. The molecule has 1 aromatic rings. The zero-order chi connectivity index (χ0) is 13.0. The molecule has 2 unspecified atom stereocenters. The summed E-state index contributed by atoms with van der Waals surface area (Å²) in [5.74, 6) is 0. The lowest BCUT2D eigenvalue weighted by Crippen LogP contribution is -2.35. The van der Waals surface area contributed by atoms with Crippen LogP contribution in [-0.4, -0.2) is 31.5 Å². The maximum Gasteiger partial charge on any atom is 0.0585 e. The summed E-state index contributed by atoms with van der Waals surface area (Å²) in [5, 5.41) is 13.0. The van der Waals surface area contributed by atoms with Gasteiger partial charge >= 0.3 is 0 Å². The highest BCUT2D eigenvalue weighted by molar-refractivity contribution is 5.37. The Balaban J connectivity index is 2.01. The maximum absolute atomic E-state index is 9.40. The molecule has 2 atom stereocenters. The lowest BCUT2D eigenvalue weighted by molar-refractivity contribution is 0.154. The van der Waals surface area contributed by atoms with Crippen molar-refractivity contribution in [2.75, 3.05) is 20.3 Å². The summed E-state index contributed by atoms with van der Waals surface area (Å²) in [6.07, 6.45) is 3.11. The van der Waals surface area contributed by atoms with Gasteiger partial charge in [0, 0.05) is 25.8 Å². The van der Waals surface area contributed by atoms with E-state index < -0.39 is 0 Å². The van der Waals surface area contributed by atoms with Crippen LogP contribution in [0.2, 0.25) is 0 Å². The number of aliphatic hydroxyl groups excluding tert-OH is 1. The molecule has 0 spiro atoms. The molecular formula is C15H23NO2. The zero-order valence-electron chi connectivity index (χ0n) is 11.3.